The van der Waals surface area contributed by atoms with E-state index in [1.54, 1.807) is 0 Å². The SMILES string of the molecule is O=C(O)CCC(NC(=O)OCC1c2ccccc2-c2ccccc21)C(=O)NCCC1CCCCO1. The van der Waals surface area contributed by atoms with Crippen LogP contribution < -0.4 is 10.6 Å². The first kappa shape index (κ1) is 24.7. The second-order valence-corrected chi connectivity index (χ2v) is 9.02. The van der Waals surface area contributed by atoms with Crippen molar-refractivity contribution in [2.75, 3.05) is 19.8 Å². The van der Waals surface area contributed by atoms with E-state index in [1.165, 1.54) is 0 Å². The summed E-state index contributed by atoms with van der Waals surface area (Å²) in [7, 11) is 0. The first-order valence-electron chi connectivity index (χ1n) is 12.3. The largest absolute Gasteiger partial charge is 0.481 e. The molecule has 8 nitrogen and oxygen atoms in total. The van der Waals surface area contributed by atoms with Crippen molar-refractivity contribution in [1.82, 2.24) is 10.6 Å². The van der Waals surface area contributed by atoms with Gasteiger partial charge in [-0.1, -0.05) is 48.5 Å². The minimum absolute atomic E-state index is 0.0225. The molecule has 1 aliphatic heterocycles. The van der Waals surface area contributed by atoms with Crippen molar-refractivity contribution >= 4 is 18.0 Å². The molecule has 2 amide bonds. The van der Waals surface area contributed by atoms with Crippen molar-refractivity contribution in [3.05, 3.63) is 59.7 Å². The van der Waals surface area contributed by atoms with Crippen LogP contribution in [0.4, 0.5) is 4.79 Å². The predicted molar refractivity (Wildman–Crippen MR) is 130 cm³/mol. The molecule has 2 aromatic rings. The Morgan fingerprint density at radius 1 is 1.03 bits per heavy atom. The van der Waals surface area contributed by atoms with E-state index in [1.807, 2.05) is 36.4 Å². The standard InChI is InChI=1S/C27H32N2O6/c30-25(31)13-12-24(26(32)28-15-14-18-7-5-6-16-34-18)29-27(33)35-17-23-21-10-3-1-8-19(21)20-9-2-4-11-22(20)23/h1-4,8-11,18,23-24H,5-7,12-17H2,(H,28,32)(H,29,33)(H,30,31). The van der Waals surface area contributed by atoms with Gasteiger partial charge >= 0.3 is 12.1 Å². The van der Waals surface area contributed by atoms with Crippen molar-refractivity contribution in [1.29, 1.82) is 0 Å². The van der Waals surface area contributed by atoms with Gasteiger partial charge in [-0.15, -0.1) is 0 Å². The van der Waals surface area contributed by atoms with Crippen LogP contribution in [0.1, 0.15) is 55.6 Å². The Labute approximate surface area is 205 Å². The molecule has 0 spiro atoms. The zero-order chi connectivity index (χ0) is 24.6. The van der Waals surface area contributed by atoms with Crippen LogP contribution in [0.15, 0.2) is 48.5 Å². The number of carbonyl (C=O) groups excluding carboxylic acids is 2. The van der Waals surface area contributed by atoms with Crippen molar-refractivity contribution in [2.24, 2.45) is 0 Å². The number of carboxylic acids is 1. The lowest BCUT2D eigenvalue weighted by Gasteiger charge is -2.23. The van der Waals surface area contributed by atoms with Crippen LogP contribution in [0.5, 0.6) is 0 Å². The number of nitrogens with one attached hydrogen (secondary N) is 2. The minimum atomic E-state index is -1.03. The number of carbonyl (C=O) groups is 3. The molecular formula is C27H32N2O6. The van der Waals surface area contributed by atoms with E-state index in [4.69, 9.17) is 14.6 Å². The highest BCUT2D eigenvalue weighted by atomic mass is 16.5. The van der Waals surface area contributed by atoms with E-state index in [-0.39, 0.29) is 31.5 Å². The van der Waals surface area contributed by atoms with E-state index < -0.39 is 24.0 Å². The summed E-state index contributed by atoms with van der Waals surface area (Å²) in [5.41, 5.74) is 4.42. The van der Waals surface area contributed by atoms with Gasteiger partial charge in [-0.3, -0.25) is 9.59 Å². The molecule has 2 aliphatic rings. The molecule has 1 saturated heterocycles. The maximum absolute atomic E-state index is 12.7. The normalized spacial score (nSPS) is 17.7. The van der Waals surface area contributed by atoms with Gasteiger partial charge in [0.05, 0.1) is 6.10 Å². The average Bonchev–Trinajstić information content (AvgIpc) is 3.19. The smallest absolute Gasteiger partial charge is 0.407 e. The molecule has 0 radical (unpaired) electrons. The molecule has 1 heterocycles. The van der Waals surface area contributed by atoms with Crippen molar-refractivity contribution in [3.63, 3.8) is 0 Å². The molecule has 186 valence electrons. The zero-order valence-corrected chi connectivity index (χ0v) is 19.7. The number of amides is 2. The summed E-state index contributed by atoms with van der Waals surface area (Å²) >= 11 is 0. The second-order valence-electron chi connectivity index (χ2n) is 9.02. The Hall–Kier alpha value is -3.39. The summed E-state index contributed by atoms with van der Waals surface area (Å²) in [6, 6.07) is 15.1. The maximum Gasteiger partial charge on any atom is 0.407 e. The van der Waals surface area contributed by atoms with E-state index in [0.29, 0.717) is 13.0 Å². The van der Waals surface area contributed by atoms with Crippen LogP contribution in [-0.2, 0) is 19.1 Å². The van der Waals surface area contributed by atoms with Gasteiger partial charge < -0.3 is 25.2 Å². The number of ether oxygens (including phenoxy) is 2. The number of hydrogen-bond donors (Lipinski definition) is 3. The summed E-state index contributed by atoms with van der Waals surface area (Å²) in [5.74, 6) is -1.56. The summed E-state index contributed by atoms with van der Waals surface area (Å²) in [5, 5.41) is 14.4. The Bertz CT molecular complexity index is 1000. The lowest BCUT2D eigenvalue weighted by Crippen LogP contribution is -2.47. The fourth-order valence-corrected chi connectivity index (χ4v) is 4.83. The molecule has 2 atom stereocenters. The van der Waals surface area contributed by atoms with Crippen LogP contribution in [0.25, 0.3) is 11.1 Å². The Morgan fingerprint density at radius 2 is 1.71 bits per heavy atom. The van der Waals surface area contributed by atoms with Crippen molar-refractivity contribution < 1.29 is 29.0 Å². The molecule has 0 aromatic heterocycles. The summed E-state index contributed by atoms with van der Waals surface area (Å²) in [6.45, 7) is 1.26. The average molecular weight is 481 g/mol. The van der Waals surface area contributed by atoms with Gasteiger partial charge in [-0.25, -0.2) is 4.79 Å². The third-order valence-corrected chi connectivity index (χ3v) is 6.64. The van der Waals surface area contributed by atoms with Gasteiger partial charge in [-0.2, -0.15) is 0 Å². The molecule has 35 heavy (non-hydrogen) atoms. The van der Waals surface area contributed by atoms with Crippen molar-refractivity contribution in [2.45, 2.75) is 56.6 Å². The number of fused-ring (bicyclic) bond motifs is 3. The first-order chi connectivity index (χ1) is 17.0. The molecule has 4 rings (SSSR count). The van der Waals surface area contributed by atoms with Crippen LogP contribution in [-0.4, -0.2) is 55.0 Å². The Kier molecular flexibility index (Phi) is 8.36. The van der Waals surface area contributed by atoms with Gasteiger partial charge in [0.1, 0.15) is 12.6 Å². The van der Waals surface area contributed by atoms with Crippen molar-refractivity contribution in [3.8, 4) is 11.1 Å². The van der Waals surface area contributed by atoms with Gasteiger partial charge in [0, 0.05) is 25.5 Å². The molecule has 2 aromatic carbocycles. The molecule has 1 fully saturated rings. The van der Waals surface area contributed by atoms with Crippen LogP contribution >= 0.6 is 0 Å². The van der Waals surface area contributed by atoms with Crippen LogP contribution in [0.3, 0.4) is 0 Å². The molecule has 0 bridgehead atoms. The minimum Gasteiger partial charge on any atom is -0.481 e. The molecular weight excluding hydrogens is 448 g/mol. The maximum atomic E-state index is 12.7. The highest BCUT2D eigenvalue weighted by Gasteiger charge is 2.30. The lowest BCUT2D eigenvalue weighted by molar-refractivity contribution is -0.137. The summed E-state index contributed by atoms with van der Waals surface area (Å²) in [4.78, 5) is 36.4. The van der Waals surface area contributed by atoms with Crippen LogP contribution in [0.2, 0.25) is 0 Å². The van der Waals surface area contributed by atoms with E-state index >= 15 is 0 Å². The number of alkyl carbamates (subject to hydrolysis) is 1. The quantitative estimate of drug-likeness (QED) is 0.476. The third-order valence-electron chi connectivity index (χ3n) is 6.64. The van der Waals surface area contributed by atoms with Gasteiger partial charge in [-0.05, 0) is 54.4 Å². The Balaban J connectivity index is 1.32. The number of carboxylic acid groups (broad SMARTS) is 1. The van der Waals surface area contributed by atoms with Gasteiger partial charge in [0.15, 0.2) is 0 Å². The molecule has 8 heteroatoms. The Morgan fingerprint density at radius 3 is 2.34 bits per heavy atom. The van der Waals surface area contributed by atoms with E-state index in [0.717, 1.165) is 48.1 Å². The predicted octanol–water partition coefficient (Wildman–Crippen LogP) is 3.83. The topological polar surface area (TPSA) is 114 Å². The van der Waals surface area contributed by atoms with Gasteiger partial charge in [0.2, 0.25) is 5.91 Å². The fourth-order valence-electron chi connectivity index (χ4n) is 4.83. The second kappa shape index (κ2) is 11.8. The number of benzene rings is 2. The molecule has 0 saturated carbocycles. The summed E-state index contributed by atoms with van der Waals surface area (Å²) in [6.07, 6.45) is 2.94. The first-order valence-corrected chi connectivity index (χ1v) is 12.3. The monoisotopic (exact) mass is 480 g/mol. The highest BCUT2D eigenvalue weighted by molar-refractivity contribution is 5.86. The van der Waals surface area contributed by atoms with E-state index in [2.05, 4.69) is 22.8 Å². The highest BCUT2D eigenvalue weighted by Crippen LogP contribution is 2.44. The van der Waals surface area contributed by atoms with Crippen LogP contribution in [0, 0.1) is 0 Å². The molecule has 3 N–H and O–H groups in total. The fraction of sp³-hybridized carbons (Fsp3) is 0.444. The number of hydrogen-bond acceptors (Lipinski definition) is 5. The summed E-state index contributed by atoms with van der Waals surface area (Å²) < 4.78 is 11.2. The lowest BCUT2D eigenvalue weighted by atomic mass is 9.98. The number of aliphatic carboxylic acids is 1. The zero-order valence-electron chi connectivity index (χ0n) is 19.7. The molecule has 1 aliphatic carbocycles. The third kappa shape index (κ3) is 6.39. The van der Waals surface area contributed by atoms with E-state index in [9.17, 15) is 14.4 Å². The molecule has 2 unspecified atom stereocenters. The number of rotatable bonds is 10. The van der Waals surface area contributed by atoms with Gasteiger partial charge in [0.25, 0.3) is 0 Å².